The normalized spacial score (nSPS) is 19.2. The van der Waals surface area contributed by atoms with Gasteiger partial charge in [-0.3, -0.25) is 9.59 Å². The van der Waals surface area contributed by atoms with Crippen LogP contribution in [0.15, 0.2) is 47.0 Å². The summed E-state index contributed by atoms with van der Waals surface area (Å²) < 4.78 is 16.4. The molecule has 168 valence electrons. The smallest absolute Gasteiger partial charge is 0.231 e. The first-order chi connectivity index (χ1) is 16.1. The highest BCUT2D eigenvalue weighted by molar-refractivity contribution is 6.30. The standard InChI is InChI=1S/C24H20ClN3O5/c25-16-3-1-14(2-4-16)23-18-12-27(8-7-19(18)26-33-23)24(30)15-9-22(29)28(11-15)17-5-6-20-21(10-17)32-13-31-20/h1-6,10,15H,7-9,11-13H2. The molecule has 0 bridgehead atoms. The van der Waals surface area contributed by atoms with Crippen molar-refractivity contribution in [3.8, 4) is 22.8 Å². The number of anilines is 1. The van der Waals surface area contributed by atoms with Gasteiger partial charge in [0.2, 0.25) is 18.6 Å². The van der Waals surface area contributed by atoms with Crippen molar-refractivity contribution in [3.63, 3.8) is 0 Å². The molecule has 1 aromatic heterocycles. The molecule has 3 aliphatic heterocycles. The minimum atomic E-state index is -0.400. The number of hydrogen-bond acceptors (Lipinski definition) is 6. The van der Waals surface area contributed by atoms with E-state index < -0.39 is 5.92 Å². The molecule has 8 nitrogen and oxygen atoms in total. The minimum Gasteiger partial charge on any atom is -0.454 e. The third-order valence-corrected chi connectivity index (χ3v) is 6.65. The van der Waals surface area contributed by atoms with E-state index in [-0.39, 0.29) is 25.0 Å². The number of halogens is 1. The fourth-order valence-electron chi connectivity index (χ4n) is 4.66. The number of benzene rings is 2. The number of carbonyl (C=O) groups is 2. The first-order valence-corrected chi connectivity index (χ1v) is 11.2. The summed E-state index contributed by atoms with van der Waals surface area (Å²) in [6.45, 7) is 1.47. The van der Waals surface area contributed by atoms with Gasteiger partial charge in [0.25, 0.3) is 0 Å². The number of hydrogen-bond donors (Lipinski definition) is 0. The first kappa shape index (κ1) is 20.1. The van der Waals surface area contributed by atoms with E-state index in [1.165, 1.54) is 0 Å². The average Bonchev–Trinajstić information content (AvgIpc) is 3.56. The third-order valence-electron chi connectivity index (χ3n) is 6.40. The van der Waals surface area contributed by atoms with E-state index in [0.29, 0.717) is 54.0 Å². The molecule has 0 N–H and O–H groups in total. The van der Waals surface area contributed by atoms with E-state index in [4.69, 9.17) is 25.6 Å². The summed E-state index contributed by atoms with van der Waals surface area (Å²) >= 11 is 6.01. The minimum absolute atomic E-state index is 0.0273. The van der Waals surface area contributed by atoms with E-state index >= 15 is 0 Å². The van der Waals surface area contributed by atoms with E-state index in [2.05, 4.69) is 5.16 Å². The van der Waals surface area contributed by atoms with Crippen LogP contribution in [0, 0.1) is 5.92 Å². The molecule has 1 saturated heterocycles. The molecule has 3 aromatic rings. The maximum absolute atomic E-state index is 13.4. The Morgan fingerprint density at radius 2 is 1.91 bits per heavy atom. The number of fused-ring (bicyclic) bond motifs is 2. The monoisotopic (exact) mass is 465 g/mol. The summed E-state index contributed by atoms with van der Waals surface area (Å²) in [5.41, 5.74) is 3.36. The fraction of sp³-hybridized carbons (Fsp3) is 0.292. The zero-order chi connectivity index (χ0) is 22.5. The summed E-state index contributed by atoms with van der Waals surface area (Å²) in [5, 5.41) is 4.85. The lowest BCUT2D eigenvalue weighted by Crippen LogP contribution is -2.40. The number of nitrogens with zero attached hydrogens (tertiary/aromatic N) is 3. The van der Waals surface area contributed by atoms with E-state index in [9.17, 15) is 9.59 Å². The van der Waals surface area contributed by atoms with Crippen LogP contribution in [-0.4, -0.2) is 41.8 Å². The van der Waals surface area contributed by atoms with E-state index in [1.807, 2.05) is 18.2 Å². The largest absolute Gasteiger partial charge is 0.454 e. The van der Waals surface area contributed by atoms with Crippen LogP contribution in [0.2, 0.25) is 5.02 Å². The topological polar surface area (TPSA) is 85.1 Å². The molecule has 9 heteroatoms. The second-order valence-electron chi connectivity index (χ2n) is 8.40. The molecule has 0 saturated carbocycles. The molecule has 1 unspecified atom stereocenters. The molecule has 1 fully saturated rings. The van der Waals surface area contributed by atoms with Crippen molar-refractivity contribution in [1.82, 2.24) is 10.1 Å². The van der Waals surface area contributed by atoms with Crippen LogP contribution in [0.1, 0.15) is 17.7 Å². The number of ether oxygens (including phenoxy) is 2. The zero-order valence-corrected chi connectivity index (χ0v) is 18.4. The predicted octanol–water partition coefficient (Wildman–Crippen LogP) is 3.66. The lowest BCUT2D eigenvalue weighted by molar-refractivity contribution is -0.136. The molecule has 33 heavy (non-hydrogen) atoms. The van der Waals surface area contributed by atoms with Crippen LogP contribution < -0.4 is 14.4 Å². The van der Waals surface area contributed by atoms with Gasteiger partial charge in [-0.1, -0.05) is 16.8 Å². The van der Waals surface area contributed by atoms with Crippen LogP contribution >= 0.6 is 11.6 Å². The van der Waals surface area contributed by atoms with Crippen LogP contribution in [0.25, 0.3) is 11.3 Å². The molecular weight excluding hydrogens is 446 g/mol. The molecule has 0 aliphatic carbocycles. The Bertz CT molecular complexity index is 1260. The summed E-state index contributed by atoms with van der Waals surface area (Å²) in [7, 11) is 0. The second-order valence-corrected chi connectivity index (χ2v) is 8.83. The van der Waals surface area contributed by atoms with Gasteiger partial charge in [0, 0.05) is 53.8 Å². The van der Waals surface area contributed by atoms with Crippen LogP contribution in [0.5, 0.6) is 11.5 Å². The van der Waals surface area contributed by atoms with Crippen molar-refractivity contribution in [2.45, 2.75) is 19.4 Å². The molecule has 2 aromatic carbocycles. The summed E-state index contributed by atoms with van der Waals surface area (Å²) in [6.07, 6.45) is 0.801. The highest BCUT2D eigenvalue weighted by atomic mass is 35.5. The van der Waals surface area contributed by atoms with Gasteiger partial charge in [-0.2, -0.15) is 0 Å². The van der Waals surface area contributed by atoms with Gasteiger partial charge in [0.05, 0.1) is 18.2 Å². The van der Waals surface area contributed by atoms with Gasteiger partial charge in [-0.05, 0) is 36.4 Å². The number of rotatable bonds is 3. The molecular formula is C24H20ClN3O5. The molecule has 3 aliphatic rings. The van der Waals surface area contributed by atoms with Crippen molar-refractivity contribution < 1.29 is 23.6 Å². The van der Waals surface area contributed by atoms with Gasteiger partial charge in [0.15, 0.2) is 17.3 Å². The maximum atomic E-state index is 13.4. The summed E-state index contributed by atoms with van der Waals surface area (Å²) in [4.78, 5) is 29.6. The van der Waals surface area contributed by atoms with E-state index in [1.54, 1.807) is 34.1 Å². The lowest BCUT2D eigenvalue weighted by Gasteiger charge is -2.28. The molecule has 1 atom stereocenters. The summed E-state index contributed by atoms with van der Waals surface area (Å²) in [5.74, 6) is 1.43. The van der Waals surface area contributed by atoms with Gasteiger partial charge in [-0.15, -0.1) is 0 Å². The molecule has 0 radical (unpaired) electrons. The Balaban J connectivity index is 1.19. The Labute approximate surface area is 194 Å². The average molecular weight is 466 g/mol. The Kier molecular flexibility index (Phi) is 4.76. The summed E-state index contributed by atoms with van der Waals surface area (Å²) in [6, 6.07) is 12.7. The van der Waals surface area contributed by atoms with Crippen molar-refractivity contribution >= 4 is 29.1 Å². The first-order valence-electron chi connectivity index (χ1n) is 10.8. The molecule has 6 rings (SSSR count). The number of amides is 2. The highest BCUT2D eigenvalue weighted by Gasteiger charge is 2.39. The molecule has 2 amide bonds. The molecule has 4 heterocycles. The third kappa shape index (κ3) is 3.51. The van der Waals surface area contributed by atoms with Crippen LogP contribution in [0.3, 0.4) is 0 Å². The quantitative estimate of drug-likeness (QED) is 0.587. The van der Waals surface area contributed by atoms with Crippen molar-refractivity contribution in [1.29, 1.82) is 0 Å². The van der Waals surface area contributed by atoms with Crippen molar-refractivity contribution in [2.24, 2.45) is 5.92 Å². The Morgan fingerprint density at radius 3 is 2.76 bits per heavy atom. The van der Waals surface area contributed by atoms with Gasteiger partial charge in [-0.25, -0.2) is 0 Å². The van der Waals surface area contributed by atoms with E-state index in [0.717, 1.165) is 16.8 Å². The Morgan fingerprint density at radius 1 is 1.09 bits per heavy atom. The van der Waals surface area contributed by atoms with Gasteiger partial charge >= 0.3 is 0 Å². The predicted molar refractivity (Wildman–Crippen MR) is 119 cm³/mol. The van der Waals surface area contributed by atoms with Crippen molar-refractivity contribution in [3.05, 3.63) is 58.7 Å². The second kappa shape index (κ2) is 7.81. The van der Waals surface area contributed by atoms with Crippen LogP contribution in [0.4, 0.5) is 5.69 Å². The number of aromatic nitrogens is 1. The fourth-order valence-corrected chi connectivity index (χ4v) is 4.79. The zero-order valence-electron chi connectivity index (χ0n) is 17.6. The Hall–Kier alpha value is -3.52. The lowest BCUT2D eigenvalue weighted by atomic mass is 9.99. The van der Waals surface area contributed by atoms with Gasteiger partial charge < -0.3 is 23.8 Å². The number of carbonyl (C=O) groups excluding carboxylic acids is 2. The SMILES string of the molecule is O=C(C1CC(=O)N(c2ccc3c(c2)OCO3)C1)N1CCc2noc(-c3ccc(Cl)cc3)c2C1. The van der Waals surface area contributed by atoms with Crippen LogP contribution in [-0.2, 0) is 22.6 Å². The van der Waals surface area contributed by atoms with Gasteiger partial charge in [0.1, 0.15) is 0 Å². The van der Waals surface area contributed by atoms with Crippen molar-refractivity contribution in [2.75, 3.05) is 24.8 Å². The highest BCUT2D eigenvalue weighted by Crippen LogP contribution is 2.38. The molecule has 0 spiro atoms. The maximum Gasteiger partial charge on any atom is 0.231 e.